The summed E-state index contributed by atoms with van der Waals surface area (Å²) in [6.45, 7) is 1.31. The molecule has 27 heavy (non-hydrogen) atoms. The lowest BCUT2D eigenvalue weighted by Crippen LogP contribution is -2.44. The van der Waals surface area contributed by atoms with E-state index in [2.05, 4.69) is 10.6 Å². The van der Waals surface area contributed by atoms with E-state index >= 15 is 0 Å². The summed E-state index contributed by atoms with van der Waals surface area (Å²) in [5.41, 5.74) is -0.359. The largest absolute Gasteiger partial charge is 0.325 e. The van der Waals surface area contributed by atoms with Crippen molar-refractivity contribution in [2.45, 2.75) is 18.9 Å². The highest BCUT2D eigenvalue weighted by Crippen LogP contribution is 2.32. The molecule has 4 amide bonds. The molecule has 1 heterocycles. The fourth-order valence-corrected chi connectivity index (χ4v) is 3.27. The van der Waals surface area contributed by atoms with Crippen LogP contribution in [0.4, 0.5) is 14.9 Å². The van der Waals surface area contributed by atoms with Crippen molar-refractivity contribution in [2.24, 2.45) is 0 Å². The van der Waals surface area contributed by atoms with Gasteiger partial charge in [-0.1, -0.05) is 48.9 Å². The smallest absolute Gasteiger partial charge is 0.323 e. The SMILES string of the molecule is CCC1(c2ccccc2)NC(=O)N(CC(=O)Nc2ccc(F)cc2Cl)C1=O. The van der Waals surface area contributed by atoms with Crippen LogP contribution >= 0.6 is 11.6 Å². The van der Waals surface area contributed by atoms with Crippen molar-refractivity contribution in [2.75, 3.05) is 11.9 Å². The first-order valence-electron chi connectivity index (χ1n) is 8.32. The molecule has 1 aliphatic rings. The second-order valence-corrected chi connectivity index (χ2v) is 6.53. The van der Waals surface area contributed by atoms with Crippen molar-refractivity contribution in [3.05, 3.63) is 64.9 Å². The molecule has 1 fully saturated rings. The van der Waals surface area contributed by atoms with Gasteiger partial charge in [0.25, 0.3) is 5.91 Å². The topological polar surface area (TPSA) is 78.5 Å². The van der Waals surface area contributed by atoms with Crippen LogP contribution in [0, 0.1) is 5.82 Å². The van der Waals surface area contributed by atoms with Crippen molar-refractivity contribution >= 4 is 35.1 Å². The van der Waals surface area contributed by atoms with Gasteiger partial charge in [-0.2, -0.15) is 0 Å². The number of carbonyl (C=O) groups excluding carboxylic acids is 3. The molecule has 2 aromatic carbocycles. The number of nitrogens with zero attached hydrogens (tertiary/aromatic N) is 1. The van der Waals surface area contributed by atoms with E-state index < -0.39 is 35.7 Å². The Bertz CT molecular complexity index is 906. The second kappa shape index (κ2) is 7.36. The van der Waals surface area contributed by atoms with E-state index in [0.29, 0.717) is 12.0 Å². The predicted molar refractivity (Wildman–Crippen MR) is 98.7 cm³/mol. The number of anilines is 1. The summed E-state index contributed by atoms with van der Waals surface area (Å²) in [6, 6.07) is 11.7. The van der Waals surface area contributed by atoms with Crippen molar-refractivity contribution in [1.82, 2.24) is 10.2 Å². The Kier molecular flexibility index (Phi) is 5.14. The Morgan fingerprint density at radius 3 is 2.56 bits per heavy atom. The summed E-state index contributed by atoms with van der Waals surface area (Å²) >= 11 is 5.88. The molecule has 8 heteroatoms. The van der Waals surface area contributed by atoms with E-state index in [1.807, 2.05) is 6.07 Å². The van der Waals surface area contributed by atoms with E-state index in [4.69, 9.17) is 11.6 Å². The van der Waals surface area contributed by atoms with Gasteiger partial charge in [-0.15, -0.1) is 0 Å². The van der Waals surface area contributed by atoms with Crippen molar-refractivity contribution < 1.29 is 18.8 Å². The lowest BCUT2D eigenvalue weighted by Gasteiger charge is -2.25. The van der Waals surface area contributed by atoms with Gasteiger partial charge in [0.05, 0.1) is 10.7 Å². The molecule has 3 rings (SSSR count). The number of urea groups is 1. The van der Waals surface area contributed by atoms with Crippen LogP contribution in [-0.2, 0) is 15.1 Å². The van der Waals surface area contributed by atoms with E-state index in [0.717, 1.165) is 17.0 Å². The van der Waals surface area contributed by atoms with Crippen molar-refractivity contribution in [3.8, 4) is 0 Å². The number of hydrogen-bond acceptors (Lipinski definition) is 3. The van der Waals surface area contributed by atoms with Crippen LogP contribution in [0.5, 0.6) is 0 Å². The molecule has 1 atom stereocenters. The zero-order chi connectivity index (χ0) is 19.6. The molecule has 0 saturated carbocycles. The number of hydrogen-bond donors (Lipinski definition) is 2. The van der Waals surface area contributed by atoms with Gasteiger partial charge in [0.2, 0.25) is 5.91 Å². The molecule has 1 saturated heterocycles. The Labute approximate surface area is 160 Å². The van der Waals surface area contributed by atoms with Gasteiger partial charge in [0.15, 0.2) is 0 Å². The highest BCUT2D eigenvalue weighted by molar-refractivity contribution is 6.33. The molecule has 0 aliphatic carbocycles. The summed E-state index contributed by atoms with van der Waals surface area (Å²) in [5, 5.41) is 5.20. The maximum Gasteiger partial charge on any atom is 0.325 e. The Balaban J connectivity index is 1.78. The van der Waals surface area contributed by atoms with Crippen LogP contribution in [0.3, 0.4) is 0 Å². The van der Waals surface area contributed by atoms with Gasteiger partial charge in [0, 0.05) is 0 Å². The number of benzene rings is 2. The van der Waals surface area contributed by atoms with E-state index in [-0.39, 0.29) is 10.7 Å². The molecular formula is C19H17ClFN3O3. The number of amides is 4. The lowest BCUT2D eigenvalue weighted by molar-refractivity contribution is -0.134. The number of carbonyl (C=O) groups is 3. The van der Waals surface area contributed by atoms with Crippen LogP contribution in [0.25, 0.3) is 0 Å². The maximum atomic E-state index is 13.1. The molecule has 2 aromatic rings. The average molecular weight is 390 g/mol. The first-order chi connectivity index (χ1) is 12.9. The quantitative estimate of drug-likeness (QED) is 0.770. The zero-order valence-electron chi connectivity index (χ0n) is 14.5. The average Bonchev–Trinajstić information content (AvgIpc) is 2.90. The third-order valence-electron chi connectivity index (χ3n) is 4.48. The molecule has 1 aliphatic heterocycles. The molecule has 140 valence electrons. The molecular weight excluding hydrogens is 373 g/mol. The first-order valence-corrected chi connectivity index (χ1v) is 8.69. The standard InChI is InChI=1S/C19H17ClFN3O3/c1-2-19(12-6-4-3-5-7-12)17(26)24(18(27)23-19)11-16(25)22-15-9-8-13(21)10-14(15)20/h3-10H,2,11H2,1H3,(H,22,25)(H,23,27). The zero-order valence-corrected chi connectivity index (χ0v) is 15.2. The second-order valence-electron chi connectivity index (χ2n) is 6.12. The van der Waals surface area contributed by atoms with E-state index in [9.17, 15) is 18.8 Å². The van der Waals surface area contributed by atoms with E-state index in [1.54, 1.807) is 31.2 Å². The minimum Gasteiger partial charge on any atom is -0.323 e. The Morgan fingerprint density at radius 2 is 1.93 bits per heavy atom. The number of halogens is 2. The maximum absolute atomic E-state index is 13.1. The fourth-order valence-electron chi connectivity index (χ4n) is 3.06. The van der Waals surface area contributed by atoms with Gasteiger partial charge in [-0.25, -0.2) is 9.18 Å². The fraction of sp³-hybridized carbons (Fsp3) is 0.211. The van der Waals surface area contributed by atoms with Gasteiger partial charge in [-0.3, -0.25) is 14.5 Å². The summed E-state index contributed by atoms with van der Waals surface area (Å²) in [5.74, 6) is -1.66. The monoisotopic (exact) mass is 389 g/mol. The third-order valence-corrected chi connectivity index (χ3v) is 4.79. The highest BCUT2D eigenvalue weighted by atomic mass is 35.5. The normalized spacial score (nSPS) is 19.1. The van der Waals surface area contributed by atoms with Gasteiger partial charge < -0.3 is 10.6 Å². The molecule has 2 N–H and O–H groups in total. The Hall–Kier alpha value is -2.93. The summed E-state index contributed by atoms with van der Waals surface area (Å²) in [7, 11) is 0. The highest BCUT2D eigenvalue weighted by Gasteiger charge is 2.51. The molecule has 0 radical (unpaired) electrons. The van der Waals surface area contributed by atoms with Crippen LogP contribution < -0.4 is 10.6 Å². The number of nitrogens with one attached hydrogen (secondary N) is 2. The first kappa shape index (κ1) is 18.8. The number of imide groups is 1. The number of rotatable bonds is 5. The minimum atomic E-state index is -1.20. The van der Waals surface area contributed by atoms with Crippen LogP contribution in [0.15, 0.2) is 48.5 Å². The minimum absolute atomic E-state index is 0.0211. The van der Waals surface area contributed by atoms with Crippen LogP contribution in [0.1, 0.15) is 18.9 Å². The molecule has 0 bridgehead atoms. The van der Waals surface area contributed by atoms with E-state index in [1.165, 1.54) is 6.07 Å². The summed E-state index contributed by atoms with van der Waals surface area (Å²) in [4.78, 5) is 38.5. The summed E-state index contributed by atoms with van der Waals surface area (Å²) < 4.78 is 13.1. The van der Waals surface area contributed by atoms with Crippen molar-refractivity contribution in [1.29, 1.82) is 0 Å². The van der Waals surface area contributed by atoms with Gasteiger partial charge >= 0.3 is 6.03 Å². The molecule has 6 nitrogen and oxygen atoms in total. The third kappa shape index (κ3) is 3.50. The van der Waals surface area contributed by atoms with Gasteiger partial charge in [0.1, 0.15) is 17.9 Å². The molecule has 1 unspecified atom stereocenters. The molecule has 0 aromatic heterocycles. The predicted octanol–water partition coefficient (Wildman–Crippen LogP) is 3.27. The molecule has 0 spiro atoms. The van der Waals surface area contributed by atoms with Crippen molar-refractivity contribution in [3.63, 3.8) is 0 Å². The van der Waals surface area contributed by atoms with Crippen LogP contribution in [0.2, 0.25) is 5.02 Å². The summed E-state index contributed by atoms with van der Waals surface area (Å²) in [6.07, 6.45) is 0.337. The lowest BCUT2D eigenvalue weighted by atomic mass is 9.87. The van der Waals surface area contributed by atoms with Crippen LogP contribution in [-0.4, -0.2) is 29.3 Å². The Morgan fingerprint density at radius 1 is 1.22 bits per heavy atom. The van der Waals surface area contributed by atoms with Gasteiger partial charge in [-0.05, 0) is 30.2 Å².